The van der Waals surface area contributed by atoms with Gasteiger partial charge in [-0.2, -0.15) is 5.26 Å². The summed E-state index contributed by atoms with van der Waals surface area (Å²) in [5, 5.41) is 9.36. The molecule has 0 saturated heterocycles. The van der Waals surface area contributed by atoms with Gasteiger partial charge in [-0.15, -0.1) is 0 Å². The lowest BCUT2D eigenvalue weighted by Gasteiger charge is -2.25. The summed E-state index contributed by atoms with van der Waals surface area (Å²) in [6.07, 6.45) is 2.98. The second kappa shape index (κ2) is 8.50. The fourth-order valence-corrected chi connectivity index (χ4v) is 4.73. The van der Waals surface area contributed by atoms with Gasteiger partial charge in [-0.3, -0.25) is 14.0 Å². The second-order valence-corrected chi connectivity index (χ2v) is 8.58. The van der Waals surface area contributed by atoms with Crippen LogP contribution in [0, 0.1) is 11.3 Å². The molecule has 6 nitrogen and oxygen atoms in total. The van der Waals surface area contributed by atoms with E-state index in [0.29, 0.717) is 5.69 Å². The highest BCUT2D eigenvalue weighted by atomic mass is 32.5. The molecule has 25 heavy (non-hydrogen) atoms. The first-order chi connectivity index (χ1) is 11.8. The van der Waals surface area contributed by atoms with Gasteiger partial charge in [-0.1, -0.05) is 0 Å². The molecule has 0 fully saturated rings. The number of aromatic nitrogens is 2. The van der Waals surface area contributed by atoms with Crippen LogP contribution >= 0.6 is 6.72 Å². The van der Waals surface area contributed by atoms with Crippen LogP contribution in [0.5, 0.6) is 5.88 Å². The van der Waals surface area contributed by atoms with Gasteiger partial charge in [0, 0.05) is 29.8 Å². The number of hydrogen-bond acceptors (Lipinski definition) is 7. The molecule has 0 N–H and O–H groups in total. The minimum atomic E-state index is -3.10. The molecule has 2 heterocycles. The molecule has 2 aromatic rings. The molecule has 0 saturated carbocycles. The summed E-state index contributed by atoms with van der Waals surface area (Å²) in [5.41, 5.74) is 1.77. The lowest BCUT2D eigenvalue weighted by Crippen LogP contribution is -2.12. The van der Waals surface area contributed by atoms with E-state index in [0.717, 1.165) is 5.56 Å². The molecule has 0 aliphatic carbocycles. The molecule has 132 valence electrons. The van der Waals surface area contributed by atoms with Crippen LogP contribution in [0.4, 0.5) is 0 Å². The highest BCUT2D eigenvalue weighted by Gasteiger charge is 2.28. The zero-order chi connectivity index (χ0) is 18.4. The molecule has 2 aromatic heterocycles. The minimum absolute atomic E-state index is 0.112. The van der Waals surface area contributed by atoms with Crippen molar-refractivity contribution in [3.05, 3.63) is 42.2 Å². The first kappa shape index (κ1) is 19.5. The smallest absolute Gasteiger partial charge is 0.382 e. The zero-order valence-electron chi connectivity index (χ0n) is 14.5. The Morgan fingerprint density at radius 3 is 2.16 bits per heavy atom. The van der Waals surface area contributed by atoms with E-state index in [4.69, 9.17) is 25.4 Å². The quantitative estimate of drug-likeness (QED) is 0.659. The number of nitrogens with zero attached hydrogens (tertiary/aromatic N) is 3. The van der Waals surface area contributed by atoms with Crippen molar-refractivity contribution in [1.29, 1.82) is 5.26 Å². The number of nitriles is 1. The number of pyridine rings is 2. The molecule has 2 rings (SSSR count). The SMILES string of the molecule is CC(C)OP(=S)(Oc1nc(-c2ccncc2)ccc1C#N)OC(C)C. The number of rotatable bonds is 7. The predicted molar refractivity (Wildman–Crippen MR) is 99.5 cm³/mol. The topological polar surface area (TPSA) is 77.3 Å². The van der Waals surface area contributed by atoms with Gasteiger partial charge in [0.1, 0.15) is 11.6 Å². The van der Waals surface area contributed by atoms with Gasteiger partial charge in [0.2, 0.25) is 5.88 Å². The molecule has 0 aromatic carbocycles. The summed E-state index contributed by atoms with van der Waals surface area (Å²) in [6, 6.07) is 9.10. The fraction of sp³-hybridized carbons (Fsp3) is 0.353. The third kappa shape index (κ3) is 5.58. The van der Waals surface area contributed by atoms with Gasteiger partial charge < -0.3 is 4.52 Å². The molecular weight excluding hydrogens is 357 g/mol. The van der Waals surface area contributed by atoms with Crippen LogP contribution in [-0.4, -0.2) is 22.2 Å². The standard InChI is InChI=1S/C17H20N3O3PS/c1-12(2)21-24(25,22-13(3)4)23-17-15(11-18)5-6-16(20-17)14-7-9-19-10-8-14/h5-10,12-13H,1-4H3. The molecule has 0 atom stereocenters. The summed E-state index contributed by atoms with van der Waals surface area (Å²) in [4.78, 5) is 8.43. The van der Waals surface area contributed by atoms with Crippen LogP contribution in [0.1, 0.15) is 33.3 Å². The second-order valence-electron chi connectivity index (χ2n) is 5.74. The largest absolute Gasteiger partial charge is 0.404 e. The molecule has 0 spiro atoms. The van der Waals surface area contributed by atoms with Crippen LogP contribution in [0.25, 0.3) is 11.3 Å². The molecular formula is C17H20N3O3PS. The summed E-state index contributed by atoms with van der Waals surface area (Å²) in [7, 11) is 0. The number of hydrogen-bond donors (Lipinski definition) is 0. The van der Waals surface area contributed by atoms with Crippen LogP contribution < -0.4 is 4.52 Å². The third-order valence-electron chi connectivity index (χ3n) is 2.83. The van der Waals surface area contributed by atoms with Crippen LogP contribution in [0.2, 0.25) is 0 Å². The third-order valence-corrected chi connectivity index (χ3v) is 5.33. The zero-order valence-corrected chi connectivity index (χ0v) is 16.3. The Kier molecular flexibility index (Phi) is 6.63. The summed E-state index contributed by atoms with van der Waals surface area (Å²) in [6.45, 7) is 4.29. The summed E-state index contributed by atoms with van der Waals surface area (Å²) < 4.78 is 17.3. The van der Waals surface area contributed by atoms with E-state index in [1.165, 1.54) is 0 Å². The van der Waals surface area contributed by atoms with E-state index >= 15 is 0 Å². The van der Waals surface area contributed by atoms with Gasteiger partial charge in [-0.25, -0.2) is 4.98 Å². The molecule has 0 amide bonds. The first-order valence-electron chi connectivity index (χ1n) is 7.81. The van der Waals surface area contributed by atoms with E-state index in [9.17, 15) is 5.26 Å². The van der Waals surface area contributed by atoms with Crippen molar-refractivity contribution in [2.24, 2.45) is 0 Å². The lowest BCUT2D eigenvalue weighted by atomic mass is 10.1. The van der Waals surface area contributed by atoms with Gasteiger partial charge >= 0.3 is 6.72 Å². The van der Waals surface area contributed by atoms with Gasteiger partial charge in [-0.05, 0) is 52.0 Å². The summed E-state index contributed by atoms with van der Waals surface area (Å²) >= 11 is 5.49. The maximum Gasteiger partial charge on any atom is 0.382 e. The van der Waals surface area contributed by atoms with E-state index in [1.807, 2.05) is 39.8 Å². The van der Waals surface area contributed by atoms with E-state index in [2.05, 4.69) is 16.0 Å². The molecule has 0 bridgehead atoms. The van der Waals surface area contributed by atoms with Crippen molar-refractivity contribution in [3.8, 4) is 23.2 Å². The average Bonchev–Trinajstić information content (AvgIpc) is 2.53. The summed E-state index contributed by atoms with van der Waals surface area (Å²) in [5.74, 6) is 0.112. The van der Waals surface area contributed by atoms with E-state index < -0.39 is 6.72 Å². The monoisotopic (exact) mass is 377 g/mol. The first-order valence-corrected chi connectivity index (χ1v) is 10.4. The lowest BCUT2D eigenvalue weighted by molar-refractivity contribution is 0.139. The minimum Gasteiger partial charge on any atom is -0.404 e. The molecule has 0 aliphatic heterocycles. The Labute approximate surface area is 153 Å². The van der Waals surface area contributed by atoms with Crippen molar-refractivity contribution >= 4 is 18.5 Å². The highest BCUT2D eigenvalue weighted by molar-refractivity contribution is 8.07. The van der Waals surface area contributed by atoms with Gasteiger partial charge in [0.25, 0.3) is 0 Å². The maximum atomic E-state index is 9.36. The molecule has 0 aliphatic rings. The van der Waals surface area contributed by atoms with Crippen molar-refractivity contribution < 1.29 is 13.6 Å². The van der Waals surface area contributed by atoms with Crippen LogP contribution in [0.15, 0.2) is 36.7 Å². The molecule has 8 heteroatoms. The van der Waals surface area contributed by atoms with Crippen molar-refractivity contribution in [1.82, 2.24) is 9.97 Å². The van der Waals surface area contributed by atoms with Crippen LogP contribution in [-0.2, 0) is 20.9 Å². The van der Waals surface area contributed by atoms with Crippen molar-refractivity contribution in [2.75, 3.05) is 0 Å². The highest BCUT2D eigenvalue weighted by Crippen LogP contribution is 2.52. The van der Waals surface area contributed by atoms with Gasteiger partial charge in [0.05, 0.1) is 17.9 Å². The maximum absolute atomic E-state index is 9.36. The Morgan fingerprint density at radius 2 is 1.64 bits per heavy atom. The molecule has 0 unspecified atom stereocenters. The van der Waals surface area contributed by atoms with Crippen LogP contribution in [0.3, 0.4) is 0 Å². The van der Waals surface area contributed by atoms with E-state index in [-0.39, 0.29) is 23.7 Å². The average molecular weight is 377 g/mol. The fourth-order valence-electron chi connectivity index (χ4n) is 1.97. The Balaban J connectivity index is 2.42. The molecule has 0 radical (unpaired) electrons. The van der Waals surface area contributed by atoms with Gasteiger partial charge in [0.15, 0.2) is 0 Å². The Morgan fingerprint density at radius 1 is 1.04 bits per heavy atom. The van der Waals surface area contributed by atoms with E-state index in [1.54, 1.807) is 24.5 Å². The van der Waals surface area contributed by atoms with Crippen molar-refractivity contribution in [2.45, 2.75) is 39.9 Å². The predicted octanol–water partition coefficient (Wildman–Crippen LogP) is 4.47. The Hall–Kier alpha value is -1.84. The Bertz CT molecular complexity index is 793. The normalized spacial score (nSPS) is 11.6. The van der Waals surface area contributed by atoms with Crippen molar-refractivity contribution in [3.63, 3.8) is 0 Å².